The summed E-state index contributed by atoms with van der Waals surface area (Å²) < 4.78 is 5.05. The maximum Gasteiger partial charge on any atom is 0.310 e. The first-order valence-electron chi connectivity index (χ1n) is 6.05. The molecule has 0 bridgehead atoms. The van der Waals surface area contributed by atoms with Crippen LogP contribution in [-0.2, 0) is 9.53 Å². The van der Waals surface area contributed by atoms with Crippen molar-refractivity contribution in [2.45, 2.75) is 6.92 Å². The van der Waals surface area contributed by atoms with Crippen LogP contribution in [0.25, 0.3) is 0 Å². The second-order valence-corrected chi connectivity index (χ2v) is 5.39. The van der Waals surface area contributed by atoms with Gasteiger partial charge in [0.05, 0.1) is 23.5 Å². The van der Waals surface area contributed by atoms with E-state index in [-0.39, 0.29) is 17.8 Å². The molecule has 0 heterocycles. The summed E-state index contributed by atoms with van der Waals surface area (Å²) in [4.78, 5) is 35.2. The van der Waals surface area contributed by atoms with Crippen molar-refractivity contribution in [3.05, 3.63) is 38.3 Å². The number of methoxy groups -OCH3 is 1. The molecule has 1 aromatic rings. The summed E-state index contributed by atoms with van der Waals surface area (Å²) in [7, 11) is 2.80. The molecule has 0 spiro atoms. The molecule has 1 aromatic carbocycles. The number of rotatable bonds is 5. The molecule has 0 aliphatic heterocycles. The molecule has 7 nitrogen and oxygen atoms in total. The van der Waals surface area contributed by atoms with Crippen molar-refractivity contribution in [2.75, 3.05) is 20.7 Å². The van der Waals surface area contributed by atoms with Gasteiger partial charge in [-0.15, -0.1) is 0 Å². The highest BCUT2D eigenvalue weighted by atomic mass is 79.9. The molecule has 0 aliphatic carbocycles. The molecule has 1 rings (SSSR count). The van der Waals surface area contributed by atoms with E-state index in [1.807, 2.05) is 0 Å². The van der Waals surface area contributed by atoms with Gasteiger partial charge in [0, 0.05) is 30.2 Å². The average molecular weight is 359 g/mol. The molecule has 0 saturated carbocycles. The van der Waals surface area contributed by atoms with Gasteiger partial charge in [-0.25, -0.2) is 0 Å². The predicted molar refractivity (Wildman–Crippen MR) is 78.9 cm³/mol. The van der Waals surface area contributed by atoms with E-state index in [0.717, 1.165) is 0 Å². The highest BCUT2D eigenvalue weighted by molar-refractivity contribution is 9.10. The van der Waals surface area contributed by atoms with Crippen LogP contribution in [0.1, 0.15) is 17.3 Å². The third-order valence-electron chi connectivity index (χ3n) is 2.89. The zero-order valence-electron chi connectivity index (χ0n) is 11.8. The molecule has 8 heteroatoms. The van der Waals surface area contributed by atoms with E-state index in [9.17, 15) is 19.7 Å². The van der Waals surface area contributed by atoms with E-state index in [2.05, 4.69) is 20.7 Å². The van der Waals surface area contributed by atoms with Crippen LogP contribution in [0, 0.1) is 16.0 Å². The minimum atomic E-state index is -0.569. The number of nitro groups is 1. The lowest BCUT2D eigenvalue weighted by molar-refractivity contribution is -0.384. The standard InChI is InChI=1S/C13H15BrN2O5/c1-8(13(18)21-3)7-15(2)12(17)10-6-9(16(19)20)4-5-11(10)14/h4-6,8H,7H2,1-3H3. The van der Waals surface area contributed by atoms with Gasteiger partial charge < -0.3 is 9.64 Å². The first kappa shape index (κ1) is 17.1. The summed E-state index contributed by atoms with van der Waals surface area (Å²) in [5.41, 5.74) is -0.000248. The summed E-state index contributed by atoms with van der Waals surface area (Å²) in [6.07, 6.45) is 0. The molecule has 0 aromatic heterocycles. The van der Waals surface area contributed by atoms with Gasteiger partial charge in [0.1, 0.15) is 0 Å². The highest BCUT2D eigenvalue weighted by Crippen LogP contribution is 2.23. The summed E-state index contributed by atoms with van der Waals surface area (Å²) in [5.74, 6) is -1.32. The summed E-state index contributed by atoms with van der Waals surface area (Å²) in [6.45, 7) is 1.79. The summed E-state index contributed by atoms with van der Waals surface area (Å²) in [5, 5.41) is 10.8. The van der Waals surface area contributed by atoms with Gasteiger partial charge in [0.15, 0.2) is 0 Å². The zero-order chi connectivity index (χ0) is 16.2. The second kappa shape index (κ2) is 7.16. The number of nitrogens with zero attached hydrogens (tertiary/aromatic N) is 2. The summed E-state index contributed by atoms with van der Waals surface area (Å²) >= 11 is 3.20. The van der Waals surface area contributed by atoms with Gasteiger partial charge in [-0.2, -0.15) is 0 Å². The number of carbonyl (C=O) groups is 2. The minimum absolute atomic E-state index is 0.153. The normalized spacial score (nSPS) is 11.6. The smallest absolute Gasteiger partial charge is 0.310 e. The van der Waals surface area contributed by atoms with Gasteiger partial charge in [-0.1, -0.05) is 6.92 Å². The molecule has 0 N–H and O–H groups in total. The van der Waals surface area contributed by atoms with Crippen LogP contribution >= 0.6 is 15.9 Å². The third-order valence-corrected chi connectivity index (χ3v) is 3.58. The Labute approximate surface area is 130 Å². The zero-order valence-corrected chi connectivity index (χ0v) is 13.4. The molecular formula is C13H15BrN2O5. The van der Waals surface area contributed by atoms with Gasteiger partial charge in [-0.3, -0.25) is 19.7 Å². The monoisotopic (exact) mass is 358 g/mol. The quantitative estimate of drug-likeness (QED) is 0.457. The Morgan fingerprint density at radius 3 is 2.62 bits per heavy atom. The number of amides is 1. The minimum Gasteiger partial charge on any atom is -0.469 e. The Morgan fingerprint density at radius 2 is 2.10 bits per heavy atom. The lowest BCUT2D eigenvalue weighted by Gasteiger charge is -2.20. The van der Waals surface area contributed by atoms with Gasteiger partial charge in [-0.05, 0) is 22.0 Å². The van der Waals surface area contributed by atoms with Crippen LogP contribution in [0.15, 0.2) is 22.7 Å². The number of carbonyl (C=O) groups excluding carboxylic acids is 2. The van der Waals surface area contributed by atoms with E-state index in [1.54, 1.807) is 6.92 Å². The van der Waals surface area contributed by atoms with E-state index in [4.69, 9.17) is 0 Å². The van der Waals surface area contributed by atoms with Crippen molar-refractivity contribution in [1.82, 2.24) is 4.90 Å². The second-order valence-electron chi connectivity index (χ2n) is 4.53. The van der Waals surface area contributed by atoms with Crippen LogP contribution in [0.5, 0.6) is 0 Å². The number of non-ortho nitro benzene ring substituents is 1. The fourth-order valence-corrected chi connectivity index (χ4v) is 2.18. The molecule has 0 aliphatic rings. The number of nitro benzene ring substituents is 1. The third kappa shape index (κ3) is 4.25. The Kier molecular flexibility index (Phi) is 5.83. The van der Waals surface area contributed by atoms with E-state index in [1.165, 1.54) is 37.3 Å². The summed E-state index contributed by atoms with van der Waals surface area (Å²) in [6, 6.07) is 3.95. The Hall–Kier alpha value is -1.96. The molecule has 1 unspecified atom stereocenters. The van der Waals surface area contributed by atoms with Crippen molar-refractivity contribution in [2.24, 2.45) is 5.92 Å². The number of esters is 1. The van der Waals surface area contributed by atoms with Crippen LogP contribution in [-0.4, -0.2) is 42.4 Å². The maximum absolute atomic E-state index is 12.3. The molecular weight excluding hydrogens is 344 g/mol. The van der Waals surface area contributed by atoms with E-state index < -0.39 is 22.7 Å². The van der Waals surface area contributed by atoms with Crippen molar-refractivity contribution in [3.8, 4) is 0 Å². The van der Waals surface area contributed by atoms with Gasteiger partial charge >= 0.3 is 5.97 Å². The molecule has 0 fully saturated rings. The molecule has 21 heavy (non-hydrogen) atoms. The van der Waals surface area contributed by atoms with Crippen LogP contribution in [0.3, 0.4) is 0 Å². The SMILES string of the molecule is COC(=O)C(C)CN(C)C(=O)c1cc([N+](=O)[O-])ccc1Br. The lowest BCUT2D eigenvalue weighted by Crippen LogP contribution is -2.34. The molecule has 1 atom stereocenters. The molecule has 0 radical (unpaired) electrons. The largest absolute Gasteiger partial charge is 0.469 e. The van der Waals surface area contributed by atoms with Crippen LogP contribution < -0.4 is 0 Å². The van der Waals surface area contributed by atoms with Crippen LogP contribution in [0.4, 0.5) is 5.69 Å². The van der Waals surface area contributed by atoms with Gasteiger partial charge in [0.25, 0.3) is 11.6 Å². The van der Waals surface area contributed by atoms with Crippen molar-refractivity contribution in [1.29, 1.82) is 0 Å². The number of halogens is 1. The Morgan fingerprint density at radius 1 is 1.48 bits per heavy atom. The predicted octanol–water partition coefficient (Wildman–Crippen LogP) is 2.24. The number of hydrogen-bond acceptors (Lipinski definition) is 5. The number of ether oxygens (including phenoxy) is 1. The molecule has 0 saturated heterocycles. The topological polar surface area (TPSA) is 89.8 Å². The van der Waals surface area contributed by atoms with Crippen molar-refractivity contribution in [3.63, 3.8) is 0 Å². The molecule has 1 amide bonds. The van der Waals surface area contributed by atoms with Crippen molar-refractivity contribution < 1.29 is 19.2 Å². The van der Waals surface area contributed by atoms with Crippen LogP contribution in [0.2, 0.25) is 0 Å². The number of benzene rings is 1. The van der Waals surface area contributed by atoms with E-state index >= 15 is 0 Å². The maximum atomic E-state index is 12.3. The lowest BCUT2D eigenvalue weighted by atomic mass is 10.1. The Balaban J connectivity index is 2.95. The average Bonchev–Trinajstić information content (AvgIpc) is 2.45. The van der Waals surface area contributed by atoms with Gasteiger partial charge in [0.2, 0.25) is 0 Å². The van der Waals surface area contributed by atoms with Crippen molar-refractivity contribution >= 4 is 33.5 Å². The fraction of sp³-hybridized carbons (Fsp3) is 0.385. The highest BCUT2D eigenvalue weighted by Gasteiger charge is 2.22. The first-order chi connectivity index (χ1) is 9.77. The Bertz CT molecular complexity index is 576. The number of hydrogen-bond donors (Lipinski definition) is 0. The van der Waals surface area contributed by atoms with E-state index in [0.29, 0.717) is 4.47 Å². The molecule has 114 valence electrons. The fourth-order valence-electron chi connectivity index (χ4n) is 1.77. The first-order valence-corrected chi connectivity index (χ1v) is 6.84.